The van der Waals surface area contributed by atoms with Gasteiger partial charge in [0.1, 0.15) is 6.07 Å². The largest absolute Gasteiger partial charge is 0.351 e. The maximum atomic E-state index is 8.83. The smallest absolute Gasteiger partial charge is 0.151 e. The van der Waals surface area contributed by atoms with Gasteiger partial charge in [-0.25, -0.2) is 0 Å². The van der Waals surface area contributed by atoms with Crippen molar-refractivity contribution in [1.29, 1.82) is 5.26 Å². The number of nitrogens with zero attached hydrogens (tertiary/aromatic N) is 6. The highest BCUT2D eigenvalue weighted by Gasteiger charge is 2.30. The molecule has 0 amide bonds. The molecule has 1 fully saturated rings. The summed E-state index contributed by atoms with van der Waals surface area (Å²) in [6, 6.07) is 4.63. The molecule has 1 aliphatic carbocycles. The van der Waals surface area contributed by atoms with Crippen molar-refractivity contribution >= 4 is 5.82 Å². The van der Waals surface area contributed by atoms with Gasteiger partial charge in [-0.3, -0.25) is 4.68 Å². The predicted octanol–water partition coefficient (Wildman–Crippen LogP) is 1.48. The highest BCUT2D eigenvalue weighted by atomic mass is 15.4. The molecule has 2 aromatic heterocycles. The van der Waals surface area contributed by atoms with E-state index >= 15 is 0 Å². The summed E-state index contributed by atoms with van der Waals surface area (Å²) in [5, 5.41) is 21.8. The lowest BCUT2D eigenvalue weighted by molar-refractivity contribution is 0.365. The number of aromatic nitrogens is 4. The SMILES string of the molecule is N#Cc1cnn(C2CN(c3cc4c(nn3)CCCC4)C2)c1. The van der Waals surface area contributed by atoms with Crippen LogP contribution in [0, 0.1) is 11.3 Å². The molecule has 1 aliphatic heterocycles. The van der Waals surface area contributed by atoms with Crippen LogP contribution in [0.25, 0.3) is 0 Å². The lowest BCUT2D eigenvalue weighted by atomic mass is 9.96. The monoisotopic (exact) mass is 280 g/mol. The maximum Gasteiger partial charge on any atom is 0.151 e. The minimum Gasteiger partial charge on any atom is -0.351 e. The number of hydrogen-bond acceptors (Lipinski definition) is 5. The molecule has 106 valence electrons. The van der Waals surface area contributed by atoms with E-state index in [0.717, 1.165) is 31.7 Å². The molecule has 0 saturated carbocycles. The summed E-state index contributed by atoms with van der Waals surface area (Å²) in [6.45, 7) is 1.75. The zero-order valence-corrected chi connectivity index (χ0v) is 11.7. The molecule has 3 heterocycles. The van der Waals surface area contributed by atoms with Gasteiger partial charge in [0.25, 0.3) is 0 Å². The van der Waals surface area contributed by atoms with Gasteiger partial charge in [-0.05, 0) is 37.3 Å². The van der Waals surface area contributed by atoms with E-state index in [0.29, 0.717) is 11.6 Å². The molecule has 4 rings (SSSR count). The molecule has 2 aromatic rings. The number of aryl methyl sites for hydroxylation is 2. The lowest BCUT2D eigenvalue weighted by Crippen LogP contribution is -2.48. The first-order valence-electron chi connectivity index (χ1n) is 7.38. The Hall–Kier alpha value is -2.42. The Morgan fingerprint density at radius 2 is 2.05 bits per heavy atom. The molecule has 0 spiro atoms. The fourth-order valence-electron chi connectivity index (χ4n) is 3.04. The summed E-state index contributed by atoms with van der Waals surface area (Å²) in [7, 11) is 0. The Kier molecular flexibility index (Phi) is 2.85. The van der Waals surface area contributed by atoms with Crippen LogP contribution in [0.15, 0.2) is 18.5 Å². The fourth-order valence-corrected chi connectivity index (χ4v) is 3.04. The molecule has 0 unspecified atom stereocenters. The Morgan fingerprint density at radius 3 is 2.86 bits per heavy atom. The third-order valence-corrected chi connectivity index (χ3v) is 4.35. The van der Waals surface area contributed by atoms with Crippen LogP contribution in [0.5, 0.6) is 0 Å². The van der Waals surface area contributed by atoms with Crippen LogP contribution in [0.2, 0.25) is 0 Å². The van der Waals surface area contributed by atoms with Crippen LogP contribution in [0.3, 0.4) is 0 Å². The first-order valence-corrected chi connectivity index (χ1v) is 7.38. The number of hydrogen-bond donors (Lipinski definition) is 0. The van der Waals surface area contributed by atoms with Gasteiger partial charge in [0.05, 0.1) is 23.5 Å². The molecule has 1 saturated heterocycles. The molecular weight excluding hydrogens is 264 g/mol. The Balaban J connectivity index is 1.47. The molecule has 0 N–H and O–H groups in total. The van der Waals surface area contributed by atoms with Gasteiger partial charge in [0, 0.05) is 19.3 Å². The van der Waals surface area contributed by atoms with Crippen molar-refractivity contribution in [3.63, 3.8) is 0 Å². The van der Waals surface area contributed by atoms with Crippen molar-refractivity contribution in [2.24, 2.45) is 0 Å². The average Bonchev–Trinajstić information content (AvgIpc) is 2.94. The molecule has 0 bridgehead atoms. The third kappa shape index (κ3) is 2.15. The van der Waals surface area contributed by atoms with E-state index in [9.17, 15) is 0 Å². The molecule has 6 nitrogen and oxygen atoms in total. The van der Waals surface area contributed by atoms with Crippen molar-refractivity contribution in [2.75, 3.05) is 18.0 Å². The van der Waals surface area contributed by atoms with Gasteiger partial charge in [0.15, 0.2) is 5.82 Å². The summed E-state index contributed by atoms with van der Waals surface area (Å²) < 4.78 is 1.88. The molecule has 0 radical (unpaired) electrons. The normalized spacial score (nSPS) is 18.0. The molecular formula is C15H16N6. The van der Waals surface area contributed by atoms with Crippen molar-refractivity contribution in [2.45, 2.75) is 31.7 Å². The third-order valence-electron chi connectivity index (χ3n) is 4.35. The van der Waals surface area contributed by atoms with Gasteiger partial charge in [0.2, 0.25) is 0 Å². The van der Waals surface area contributed by atoms with Crippen LogP contribution in [0.4, 0.5) is 5.82 Å². The summed E-state index contributed by atoms with van der Waals surface area (Å²) in [4.78, 5) is 2.22. The second kappa shape index (κ2) is 4.85. The minimum absolute atomic E-state index is 0.324. The standard InChI is InChI=1S/C15H16N6/c16-6-11-7-17-21(8-11)13-9-20(10-13)15-5-12-3-1-2-4-14(12)18-19-15/h5,7-8,13H,1-4,9-10H2. The first kappa shape index (κ1) is 12.3. The zero-order valence-electron chi connectivity index (χ0n) is 11.7. The van der Waals surface area contributed by atoms with Gasteiger partial charge in [-0.2, -0.15) is 15.5 Å². The minimum atomic E-state index is 0.324. The second-order valence-electron chi connectivity index (χ2n) is 5.76. The topological polar surface area (TPSA) is 70.6 Å². The molecule has 6 heteroatoms. The number of anilines is 1. The van der Waals surface area contributed by atoms with E-state index in [1.165, 1.54) is 24.1 Å². The molecule has 0 atom stereocenters. The predicted molar refractivity (Wildman–Crippen MR) is 76.9 cm³/mol. The van der Waals surface area contributed by atoms with Crippen molar-refractivity contribution in [3.05, 3.63) is 35.3 Å². The quantitative estimate of drug-likeness (QED) is 0.833. The average molecular weight is 280 g/mol. The Morgan fingerprint density at radius 1 is 1.19 bits per heavy atom. The van der Waals surface area contributed by atoms with Gasteiger partial charge in [-0.15, -0.1) is 5.10 Å². The second-order valence-corrected chi connectivity index (χ2v) is 5.76. The van der Waals surface area contributed by atoms with E-state index in [2.05, 4.69) is 32.3 Å². The highest BCUT2D eigenvalue weighted by Crippen LogP contribution is 2.28. The van der Waals surface area contributed by atoms with Crippen molar-refractivity contribution in [3.8, 4) is 6.07 Å². The molecule has 0 aromatic carbocycles. The summed E-state index contributed by atoms with van der Waals surface area (Å²) in [5.41, 5.74) is 3.15. The lowest BCUT2D eigenvalue weighted by Gasteiger charge is -2.40. The van der Waals surface area contributed by atoms with E-state index in [1.807, 2.05) is 4.68 Å². The van der Waals surface area contributed by atoms with Crippen LogP contribution < -0.4 is 4.90 Å². The number of nitriles is 1. The van der Waals surface area contributed by atoms with Gasteiger partial charge < -0.3 is 4.90 Å². The summed E-state index contributed by atoms with van der Waals surface area (Å²) >= 11 is 0. The van der Waals surface area contributed by atoms with E-state index in [1.54, 1.807) is 12.4 Å². The molecule has 2 aliphatic rings. The van der Waals surface area contributed by atoms with Crippen LogP contribution in [-0.2, 0) is 12.8 Å². The molecule has 21 heavy (non-hydrogen) atoms. The van der Waals surface area contributed by atoms with E-state index in [4.69, 9.17) is 5.26 Å². The van der Waals surface area contributed by atoms with Crippen LogP contribution in [-0.4, -0.2) is 33.1 Å². The van der Waals surface area contributed by atoms with Gasteiger partial charge in [-0.1, -0.05) is 0 Å². The van der Waals surface area contributed by atoms with Crippen LogP contribution >= 0.6 is 0 Å². The number of rotatable bonds is 2. The van der Waals surface area contributed by atoms with Crippen LogP contribution in [0.1, 0.15) is 35.7 Å². The Labute approximate surface area is 123 Å². The fraction of sp³-hybridized carbons (Fsp3) is 0.467. The first-order chi connectivity index (χ1) is 10.3. The zero-order chi connectivity index (χ0) is 14.2. The summed E-state index contributed by atoms with van der Waals surface area (Å²) in [6.07, 6.45) is 8.09. The maximum absolute atomic E-state index is 8.83. The van der Waals surface area contributed by atoms with Crippen molar-refractivity contribution < 1.29 is 0 Å². The highest BCUT2D eigenvalue weighted by molar-refractivity contribution is 5.45. The van der Waals surface area contributed by atoms with E-state index in [-0.39, 0.29) is 0 Å². The Bertz CT molecular complexity index is 707. The van der Waals surface area contributed by atoms with E-state index < -0.39 is 0 Å². The summed E-state index contributed by atoms with van der Waals surface area (Å²) in [5.74, 6) is 0.972. The van der Waals surface area contributed by atoms with Crippen molar-refractivity contribution in [1.82, 2.24) is 20.0 Å². The van der Waals surface area contributed by atoms with Gasteiger partial charge >= 0.3 is 0 Å². The number of fused-ring (bicyclic) bond motifs is 1.